The van der Waals surface area contributed by atoms with Crippen LogP contribution in [-0.2, 0) is 26.0 Å². The Hall–Kier alpha value is -2.95. The second-order valence-corrected chi connectivity index (χ2v) is 10.1. The molecular formula is C23H27ClN4O5S. The second kappa shape index (κ2) is 11.0. The van der Waals surface area contributed by atoms with Crippen LogP contribution in [0.1, 0.15) is 25.8 Å². The average molecular weight is 507 g/mol. The molecule has 34 heavy (non-hydrogen) atoms. The van der Waals surface area contributed by atoms with Gasteiger partial charge in [0, 0.05) is 13.1 Å². The third kappa shape index (κ3) is 5.75. The first-order valence-corrected chi connectivity index (χ1v) is 12.7. The Kier molecular flexibility index (Phi) is 8.29. The molecule has 9 nitrogen and oxygen atoms in total. The predicted octanol–water partition coefficient (Wildman–Crippen LogP) is 2.86. The Labute approximate surface area is 204 Å². The minimum absolute atomic E-state index is 0.0214. The SMILES string of the molecule is CCN(CC)S(=O)(=O)c1ccc(Cl)c(NC(=O)CN2C(=O)NC(CCc3ccccc3)C2=O)c1. The molecule has 4 amide bonds. The number of nitrogens with one attached hydrogen (secondary N) is 2. The molecule has 0 aliphatic carbocycles. The number of rotatable bonds is 10. The van der Waals surface area contributed by atoms with Gasteiger partial charge in [0.2, 0.25) is 15.9 Å². The summed E-state index contributed by atoms with van der Waals surface area (Å²) in [5.41, 5.74) is 1.11. The first-order chi connectivity index (χ1) is 16.2. The van der Waals surface area contributed by atoms with E-state index in [0.717, 1.165) is 10.5 Å². The van der Waals surface area contributed by atoms with Crippen molar-refractivity contribution in [2.24, 2.45) is 0 Å². The number of hydrogen-bond acceptors (Lipinski definition) is 5. The van der Waals surface area contributed by atoms with Gasteiger partial charge < -0.3 is 10.6 Å². The Morgan fingerprint density at radius 1 is 1.12 bits per heavy atom. The van der Waals surface area contributed by atoms with Crippen molar-refractivity contribution < 1.29 is 22.8 Å². The van der Waals surface area contributed by atoms with Gasteiger partial charge in [0.25, 0.3) is 5.91 Å². The quantitative estimate of drug-likeness (QED) is 0.481. The summed E-state index contributed by atoms with van der Waals surface area (Å²) in [6.07, 6.45) is 1.00. The topological polar surface area (TPSA) is 116 Å². The zero-order chi connectivity index (χ0) is 24.9. The summed E-state index contributed by atoms with van der Waals surface area (Å²) in [5, 5.41) is 5.25. The predicted molar refractivity (Wildman–Crippen MR) is 129 cm³/mol. The van der Waals surface area contributed by atoms with E-state index in [-0.39, 0.29) is 15.6 Å². The molecule has 0 saturated carbocycles. The number of halogens is 1. The van der Waals surface area contributed by atoms with E-state index in [2.05, 4.69) is 10.6 Å². The lowest BCUT2D eigenvalue weighted by atomic mass is 10.1. The molecule has 2 N–H and O–H groups in total. The molecule has 2 aromatic carbocycles. The van der Waals surface area contributed by atoms with E-state index in [4.69, 9.17) is 11.6 Å². The number of amides is 4. The molecule has 11 heteroatoms. The number of aryl methyl sites for hydroxylation is 1. The fourth-order valence-corrected chi connectivity index (χ4v) is 5.33. The number of sulfonamides is 1. The molecule has 0 bridgehead atoms. The lowest BCUT2D eigenvalue weighted by Gasteiger charge is -2.19. The number of anilines is 1. The summed E-state index contributed by atoms with van der Waals surface area (Å²) in [5.74, 6) is -1.16. The average Bonchev–Trinajstić information content (AvgIpc) is 3.07. The van der Waals surface area contributed by atoms with Gasteiger partial charge >= 0.3 is 6.03 Å². The van der Waals surface area contributed by atoms with Gasteiger partial charge in [0.15, 0.2) is 0 Å². The minimum atomic E-state index is -3.76. The van der Waals surface area contributed by atoms with Gasteiger partial charge in [0.05, 0.1) is 15.6 Å². The molecule has 0 aromatic heterocycles. The molecule has 1 fully saturated rings. The van der Waals surface area contributed by atoms with Crippen molar-refractivity contribution >= 4 is 45.2 Å². The highest BCUT2D eigenvalue weighted by molar-refractivity contribution is 7.89. The van der Waals surface area contributed by atoms with Gasteiger partial charge in [-0.3, -0.25) is 14.5 Å². The van der Waals surface area contributed by atoms with E-state index < -0.39 is 40.5 Å². The highest BCUT2D eigenvalue weighted by atomic mass is 35.5. The lowest BCUT2D eigenvalue weighted by Crippen LogP contribution is -2.38. The molecule has 0 radical (unpaired) electrons. The van der Waals surface area contributed by atoms with Crippen molar-refractivity contribution in [1.82, 2.24) is 14.5 Å². The van der Waals surface area contributed by atoms with Crippen LogP contribution in [0.5, 0.6) is 0 Å². The molecule has 0 spiro atoms. The summed E-state index contributed by atoms with van der Waals surface area (Å²) >= 11 is 6.15. The molecule has 1 atom stereocenters. The first kappa shape index (κ1) is 25.7. The van der Waals surface area contributed by atoms with Crippen molar-refractivity contribution in [3.8, 4) is 0 Å². The third-order valence-electron chi connectivity index (χ3n) is 5.53. The zero-order valence-electron chi connectivity index (χ0n) is 19.0. The maximum absolute atomic E-state index is 12.8. The normalized spacial score (nSPS) is 16.1. The maximum atomic E-state index is 12.8. The zero-order valence-corrected chi connectivity index (χ0v) is 20.5. The smallest absolute Gasteiger partial charge is 0.325 e. The Morgan fingerprint density at radius 3 is 2.44 bits per heavy atom. The number of nitrogens with zero attached hydrogens (tertiary/aromatic N) is 2. The Bertz CT molecular complexity index is 1170. The number of imide groups is 1. The second-order valence-electron chi connectivity index (χ2n) is 7.73. The number of hydrogen-bond donors (Lipinski definition) is 2. The van der Waals surface area contributed by atoms with Crippen molar-refractivity contribution in [2.45, 2.75) is 37.6 Å². The molecule has 1 aliphatic heterocycles. The van der Waals surface area contributed by atoms with Crippen LogP contribution in [0, 0.1) is 0 Å². The number of carbonyl (C=O) groups excluding carboxylic acids is 3. The molecule has 1 unspecified atom stereocenters. The van der Waals surface area contributed by atoms with Gasteiger partial charge in [0.1, 0.15) is 12.6 Å². The highest BCUT2D eigenvalue weighted by Crippen LogP contribution is 2.27. The van der Waals surface area contributed by atoms with Gasteiger partial charge in [-0.15, -0.1) is 0 Å². The van der Waals surface area contributed by atoms with Gasteiger partial charge in [-0.2, -0.15) is 4.31 Å². The van der Waals surface area contributed by atoms with Crippen LogP contribution in [0.4, 0.5) is 10.5 Å². The fraction of sp³-hybridized carbons (Fsp3) is 0.348. The standard InChI is InChI=1S/C23H27ClN4O5S/c1-3-27(4-2)34(32,33)17-11-12-18(24)20(14-17)25-21(29)15-28-22(30)19(26-23(28)31)13-10-16-8-6-5-7-9-16/h5-9,11-12,14,19H,3-4,10,13,15H2,1-2H3,(H,25,29)(H,26,31). The summed E-state index contributed by atoms with van der Waals surface area (Å²) in [7, 11) is -3.76. The van der Waals surface area contributed by atoms with E-state index in [1.54, 1.807) is 13.8 Å². The van der Waals surface area contributed by atoms with Crippen LogP contribution in [-0.4, -0.2) is 61.1 Å². The molecule has 1 saturated heterocycles. The first-order valence-electron chi connectivity index (χ1n) is 10.9. The van der Waals surface area contributed by atoms with Crippen molar-refractivity contribution in [3.63, 3.8) is 0 Å². The molecular weight excluding hydrogens is 480 g/mol. The molecule has 2 aromatic rings. The van der Waals surface area contributed by atoms with Crippen LogP contribution in [0.15, 0.2) is 53.4 Å². The Balaban J connectivity index is 1.66. The van der Waals surface area contributed by atoms with Gasteiger partial charge in [-0.1, -0.05) is 55.8 Å². The number of benzene rings is 2. The van der Waals surface area contributed by atoms with Crippen LogP contribution in [0.25, 0.3) is 0 Å². The van der Waals surface area contributed by atoms with E-state index in [0.29, 0.717) is 25.9 Å². The summed E-state index contributed by atoms with van der Waals surface area (Å²) in [6, 6.07) is 12.2. The number of urea groups is 1. The lowest BCUT2D eigenvalue weighted by molar-refractivity contribution is -0.130. The van der Waals surface area contributed by atoms with E-state index in [1.807, 2.05) is 30.3 Å². The third-order valence-corrected chi connectivity index (χ3v) is 7.90. The van der Waals surface area contributed by atoms with E-state index in [9.17, 15) is 22.8 Å². The highest BCUT2D eigenvalue weighted by Gasteiger charge is 2.38. The van der Waals surface area contributed by atoms with Crippen molar-refractivity contribution in [2.75, 3.05) is 25.0 Å². The van der Waals surface area contributed by atoms with E-state index in [1.165, 1.54) is 22.5 Å². The fourth-order valence-electron chi connectivity index (χ4n) is 3.68. The van der Waals surface area contributed by atoms with Crippen LogP contribution >= 0.6 is 11.6 Å². The molecule has 3 rings (SSSR count). The van der Waals surface area contributed by atoms with Crippen molar-refractivity contribution in [1.29, 1.82) is 0 Å². The largest absolute Gasteiger partial charge is 0.326 e. The molecule has 1 aliphatic rings. The summed E-state index contributed by atoms with van der Waals surface area (Å²) in [4.78, 5) is 38.4. The maximum Gasteiger partial charge on any atom is 0.325 e. The van der Waals surface area contributed by atoms with Gasteiger partial charge in [-0.05, 0) is 36.6 Å². The molecule has 1 heterocycles. The van der Waals surface area contributed by atoms with Crippen molar-refractivity contribution in [3.05, 3.63) is 59.1 Å². The monoisotopic (exact) mass is 506 g/mol. The van der Waals surface area contributed by atoms with Crippen LogP contribution in [0.3, 0.4) is 0 Å². The van der Waals surface area contributed by atoms with Crippen LogP contribution < -0.4 is 10.6 Å². The Morgan fingerprint density at radius 2 is 1.79 bits per heavy atom. The van der Waals surface area contributed by atoms with Crippen LogP contribution in [0.2, 0.25) is 5.02 Å². The summed E-state index contributed by atoms with van der Waals surface area (Å²) in [6.45, 7) is 3.52. The van der Waals surface area contributed by atoms with Gasteiger partial charge in [-0.25, -0.2) is 13.2 Å². The van der Waals surface area contributed by atoms with E-state index >= 15 is 0 Å². The minimum Gasteiger partial charge on any atom is -0.326 e. The molecule has 182 valence electrons. The summed E-state index contributed by atoms with van der Waals surface area (Å²) < 4.78 is 26.8. The number of carbonyl (C=O) groups is 3.